The Hall–Kier alpha value is -2.62. The second kappa shape index (κ2) is 8.73. The van der Waals surface area contributed by atoms with E-state index in [1.165, 1.54) is 18.2 Å². The third kappa shape index (κ3) is 5.94. The average molecular weight is 313 g/mol. The number of hydrogen-bond donors (Lipinski definition) is 1. The van der Waals surface area contributed by atoms with Gasteiger partial charge in [0.05, 0.1) is 6.61 Å². The Morgan fingerprint density at radius 1 is 1.13 bits per heavy atom. The van der Waals surface area contributed by atoms with Crippen LogP contribution in [-0.4, -0.2) is 12.5 Å². The fourth-order valence-electron chi connectivity index (χ4n) is 1.92. The highest BCUT2D eigenvalue weighted by Gasteiger charge is 1.98. The highest BCUT2D eigenvalue weighted by atomic mass is 19.1. The SMILES string of the molecule is CCCOc1ccc(C=CC(=O)NCc2ccc(F)cc2)cc1. The molecule has 0 aliphatic heterocycles. The maximum atomic E-state index is 12.8. The van der Waals surface area contributed by atoms with Crippen molar-refractivity contribution in [3.05, 3.63) is 71.6 Å². The van der Waals surface area contributed by atoms with E-state index in [9.17, 15) is 9.18 Å². The van der Waals surface area contributed by atoms with Gasteiger partial charge in [0.2, 0.25) is 5.91 Å². The van der Waals surface area contributed by atoms with Crippen molar-refractivity contribution < 1.29 is 13.9 Å². The molecule has 0 unspecified atom stereocenters. The Bertz CT molecular complexity index is 648. The third-order valence-electron chi connectivity index (χ3n) is 3.16. The summed E-state index contributed by atoms with van der Waals surface area (Å²) in [7, 11) is 0. The molecule has 0 heterocycles. The molecule has 0 saturated carbocycles. The summed E-state index contributed by atoms with van der Waals surface area (Å²) in [6, 6.07) is 13.6. The van der Waals surface area contributed by atoms with Crippen LogP contribution in [0.3, 0.4) is 0 Å². The molecule has 0 aliphatic rings. The molecule has 0 aromatic heterocycles. The van der Waals surface area contributed by atoms with Crippen molar-refractivity contribution in [3.63, 3.8) is 0 Å². The van der Waals surface area contributed by atoms with Gasteiger partial charge >= 0.3 is 0 Å². The molecule has 0 aliphatic carbocycles. The molecule has 3 nitrogen and oxygen atoms in total. The minimum atomic E-state index is -0.286. The number of hydrogen-bond acceptors (Lipinski definition) is 2. The molecule has 0 spiro atoms. The van der Waals surface area contributed by atoms with Crippen LogP contribution in [0.25, 0.3) is 6.08 Å². The van der Waals surface area contributed by atoms with Gasteiger partial charge in [-0.25, -0.2) is 4.39 Å². The smallest absolute Gasteiger partial charge is 0.244 e. The van der Waals surface area contributed by atoms with Crippen molar-refractivity contribution in [2.24, 2.45) is 0 Å². The quantitative estimate of drug-likeness (QED) is 0.786. The van der Waals surface area contributed by atoms with Crippen LogP contribution in [0.4, 0.5) is 4.39 Å². The summed E-state index contributed by atoms with van der Waals surface area (Å²) in [4.78, 5) is 11.8. The van der Waals surface area contributed by atoms with E-state index in [4.69, 9.17) is 4.74 Å². The molecule has 2 rings (SSSR count). The molecule has 0 atom stereocenters. The molecule has 0 bridgehead atoms. The predicted molar refractivity (Wildman–Crippen MR) is 89.5 cm³/mol. The maximum Gasteiger partial charge on any atom is 0.244 e. The van der Waals surface area contributed by atoms with Gasteiger partial charge in [0.15, 0.2) is 0 Å². The van der Waals surface area contributed by atoms with E-state index < -0.39 is 0 Å². The van der Waals surface area contributed by atoms with Crippen LogP contribution in [0.5, 0.6) is 5.75 Å². The van der Waals surface area contributed by atoms with E-state index in [1.807, 2.05) is 24.3 Å². The van der Waals surface area contributed by atoms with Crippen LogP contribution >= 0.6 is 0 Å². The second-order valence-corrected chi connectivity index (χ2v) is 5.10. The third-order valence-corrected chi connectivity index (χ3v) is 3.16. The van der Waals surface area contributed by atoms with Crippen LogP contribution in [0.1, 0.15) is 24.5 Å². The lowest BCUT2D eigenvalue weighted by atomic mass is 10.2. The first-order valence-corrected chi connectivity index (χ1v) is 7.60. The summed E-state index contributed by atoms with van der Waals surface area (Å²) in [6.07, 6.45) is 4.19. The van der Waals surface area contributed by atoms with Crippen LogP contribution in [0.2, 0.25) is 0 Å². The van der Waals surface area contributed by atoms with Gasteiger partial charge in [-0.1, -0.05) is 31.2 Å². The Kier molecular flexibility index (Phi) is 6.36. The fourth-order valence-corrected chi connectivity index (χ4v) is 1.92. The molecule has 0 fully saturated rings. The van der Waals surface area contributed by atoms with Crippen molar-refractivity contribution >= 4 is 12.0 Å². The molecular weight excluding hydrogens is 293 g/mol. The summed E-state index contributed by atoms with van der Waals surface area (Å²) in [5.74, 6) is 0.344. The molecule has 2 aromatic carbocycles. The number of halogens is 1. The largest absolute Gasteiger partial charge is 0.494 e. The summed E-state index contributed by atoms with van der Waals surface area (Å²) >= 11 is 0. The standard InChI is InChI=1S/C19H20FNO2/c1-2-13-23-18-10-5-15(6-11-18)7-12-19(22)21-14-16-3-8-17(20)9-4-16/h3-12H,2,13-14H2,1H3,(H,21,22). The number of rotatable bonds is 7. The Morgan fingerprint density at radius 2 is 1.83 bits per heavy atom. The summed E-state index contributed by atoms with van der Waals surface area (Å²) in [5.41, 5.74) is 1.77. The van der Waals surface area contributed by atoms with Crippen LogP contribution in [-0.2, 0) is 11.3 Å². The molecule has 1 amide bonds. The lowest BCUT2D eigenvalue weighted by Crippen LogP contribution is -2.20. The molecule has 23 heavy (non-hydrogen) atoms. The molecule has 0 radical (unpaired) electrons. The van der Waals surface area contributed by atoms with Crippen molar-refractivity contribution in [1.29, 1.82) is 0 Å². The lowest BCUT2D eigenvalue weighted by Gasteiger charge is -2.04. The Balaban J connectivity index is 1.82. The molecular formula is C19H20FNO2. The second-order valence-electron chi connectivity index (χ2n) is 5.10. The molecule has 2 aromatic rings. The first kappa shape index (κ1) is 16.7. The first-order valence-electron chi connectivity index (χ1n) is 7.60. The van der Waals surface area contributed by atoms with Gasteiger partial charge in [0.1, 0.15) is 11.6 Å². The lowest BCUT2D eigenvalue weighted by molar-refractivity contribution is -0.116. The number of amides is 1. The van der Waals surface area contributed by atoms with Crippen molar-refractivity contribution in [1.82, 2.24) is 5.32 Å². The van der Waals surface area contributed by atoms with Gasteiger partial charge < -0.3 is 10.1 Å². The molecule has 4 heteroatoms. The van der Waals surface area contributed by atoms with Gasteiger partial charge in [-0.2, -0.15) is 0 Å². The van der Waals surface area contributed by atoms with E-state index >= 15 is 0 Å². The number of benzene rings is 2. The van der Waals surface area contributed by atoms with Crippen LogP contribution in [0.15, 0.2) is 54.6 Å². The zero-order valence-electron chi connectivity index (χ0n) is 13.1. The monoisotopic (exact) mass is 313 g/mol. The van der Waals surface area contributed by atoms with Crippen LogP contribution in [0, 0.1) is 5.82 Å². The molecule has 0 saturated heterocycles. The van der Waals surface area contributed by atoms with E-state index in [2.05, 4.69) is 12.2 Å². The fraction of sp³-hybridized carbons (Fsp3) is 0.211. The van der Waals surface area contributed by atoms with Gasteiger partial charge in [-0.05, 0) is 47.9 Å². The molecule has 1 N–H and O–H groups in total. The number of ether oxygens (including phenoxy) is 1. The van der Waals surface area contributed by atoms with Gasteiger partial charge in [0, 0.05) is 12.6 Å². The summed E-state index contributed by atoms with van der Waals surface area (Å²) < 4.78 is 18.3. The summed E-state index contributed by atoms with van der Waals surface area (Å²) in [5, 5.41) is 2.76. The minimum Gasteiger partial charge on any atom is -0.494 e. The van der Waals surface area contributed by atoms with Crippen molar-refractivity contribution in [2.45, 2.75) is 19.9 Å². The van der Waals surface area contributed by atoms with E-state index in [-0.39, 0.29) is 11.7 Å². The first-order chi connectivity index (χ1) is 11.2. The average Bonchev–Trinajstić information content (AvgIpc) is 2.58. The summed E-state index contributed by atoms with van der Waals surface area (Å²) in [6.45, 7) is 3.12. The van der Waals surface area contributed by atoms with Crippen LogP contribution < -0.4 is 10.1 Å². The number of carbonyl (C=O) groups excluding carboxylic acids is 1. The van der Waals surface area contributed by atoms with Gasteiger partial charge in [-0.15, -0.1) is 0 Å². The zero-order valence-corrected chi connectivity index (χ0v) is 13.1. The van der Waals surface area contributed by atoms with Crippen molar-refractivity contribution in [3.8, 4) is 5.75 Å². The van der Waals surface area contributed by atoms with E-state index in [0.29, 0.717) is 13.2 Å². The van der Waals surface area contributed by atoms with E-state index in [1.54, 1.807) is 18.2 Å². The minimum absolute atomic E-state index is 0.194. The number of nitrogens with one attached hydrogen (secondary N) is 1. The Morgan fingerprint density at radius 3 is 2.48 bits per heavy atom. The topological polar surface area (TPSA) is 38.3 Å². The molecule has 120 valence electrons. The van der Waals surface area contributed by atoms with Crippen molar-refractivity contribution in [2.75, 3.05) is 6.61 Å². The number of carbonyl (C=O) groups is 1. The zero-order chi connectivity index (χ0) is 16.5. The normalized spacial score (nSPS) is 10.7. The highest BCUT2D eigenvalue weighted by molar-refractivity contribution is 5.91. The highest BCUT2D eigenvalue weighted by Crippen LogP contribution is 2.13. The van der Waals surface area contributed by atoms with Gasteiger partial charge in [0.25, 0.3) is 0 Å². The maximum absolute atomic E-state index is 12.8. The van der Waals surface area contributed by atoms with Gasteiger partial charge in [-0.3, -0.25) is 4.79 Å². The van der Waals surface area contributed by atoms with E-state index in [0.717, 1.165) is 23.3 Å². The Labute approximate surface area is 135 Å². The predicted octanol–water partition coefficient (Wildman–Crippen LogP) is 3.94.